The van der Waals surface area contributed by atoms with Crippen LogP contribution in [0.3, 0.4) is 0 Å². The van der Waals surface area contributed by atoms with Crippen LogP contribution in [0, 0.1) is 13.8 Å². The molecule has 0 aliphatic heterocycles. The molecule has 1 aromatic heterocycles. The second-order valence-corrected chi connectivity index (χ2v) is 4.45. The van der Waals surface area contributed by atoms with Crippen LogP contribution in [-0.2, 0) is 0 Å². The van der Waals surface area contributed by atoms with Crippen molar-refractivity contribution in [3.8, 4) is 11.3 Å². The first-order valence-electron chi connectivity index (χ1n) is 5.26. The molecule has 0 unspecified atom stereocenters. The fraction of sp³-hybridized carbons (Fsp3) is 0.231. The molecule has 0 aliphatic carbocycles. The predicted octanol–water partition coefficient (Wildman–Crippen LogP) is 3.54. The number of carbonyl (C=O) groups excluding carboxylic acids is 1. The number of aromatic nitrogens is 1. The first kappa shape index (κ1) is 12.0. The van der Waals surface area contributed by atoms with Crippen molar-refractivity contribution < 1.29 is 9.32 Å². The molecule has 0 saturated heterocycles. The van der Waals surface area contributed by atoms with E-state index in [0.717, 1.165) is 5.56 Å². The lowest BCUT2D eigenvalue weighted by Gasteiger charge is -2.00. The highest BCUT2D eigenvalue weighted by atomic mass is 79.9. The molecule has 88 valence electrons. The van der Waals surface area contributed by atoms with E-state index >= 15 is 0 Å². The number of alkyl halides is 1. The van der Waals surface area contributed by atoms with E-state index in [1.165, 1.54) is 5.56 Å². The van der Waals surface area contributed by atoms with Crippen molar-refractivity contribution in [1.29, 1.82) is 0 Å². The van der Waals surface area contributed by atoms with Crippen LogP contribution in [0.5, 0.6) is 0 Å². The van der Waals surface area contributed by atoms with Crippen LogP contribution in [0.1, 0.15) is 21.7 Å². The summed E-state index contributed by atoms with van der Waals surface area (Å²) in [5.41, 5.74) is 3.25. The average Bonchev–Trinajstić information content (AvgIpc) is 2.71. The number of ketones is 1. The number of nitrogens with zero attached hydrogens (tertiary/aromatic N) is 1. The fourth-order valence-corrected chi connectivity index (χ4v) is 1.96. The van der Waals surface area contributed by atoms with Gasteiger partial charge in [-0.1, -0.05) is 50.9 Å². The summed E-state index contributed by atoms with van der Waals surface area (Å²) < 4.78 is 5.11. The summed E-state index contributed by atoms with van der Waals surface area (Å²) in [6.07, 6.45) is 0. The molecule has 4 heteroatoms. The maximum Gasteiger partial charge on any atom is 0.179 e. The minimum Gasteiger partial charge on any atom is -0.360 e. The van der Waals surface area contributed by atoms with Gasteiger partial charge in [0, 0.05) is 5.56 Å². The molecule has 0 aliphatic rings. The highest BCUT2D eigenvalue weighted by Crippen LogP contribution is 2.26. The van der Waals surface area contributed by atoms with Gasteiger partial charge in [0.1, 0.15) is 11.5 Å². The average molecular weight is 294 g/mol. The van der Waals surface area contributed by atoms with Crippen LogP contribution in [0.25, 0.3) is 11.3 Å². The summed E-state index contributed by atoms with van der Waals surface area (Å²) in [6, 6.07) is 7.86. The maximum absolute atomic E-state index is 11.8. The summed E-state index contributed by atoms with van der Waals surface area (Å²) in [5, 5.41) is 4.24. The Kier molecular flexibility index (Phi) is 3.43. The molecule has 17 heavy (non-hydrogen) atoms. The van der Waals surface area contributed by atoms with Crippen LogP contribution in [0.2, 0.25) is 0 Å². The summed E-state index contributed by atoms with van der Waals surface area (Å²) >= 11 is 3.17. The van der Waals surface area contributed by atoms with Crippen molar-refractivity contribution in [3.63, 3.8) is 0 Å². The Labute approximate surface area is 108 Å². The molecule has 0 amide bonds. The molecule has 3 nitrogen and oxygen atoms in total. The van der Waals surface area contributed by atoms with Gasteiger partial charge in [0.15, 0.2) is 5.78 Å². The van der Waals surface area contributed by atoms with Gasteiger partial charge in [0.25, 0.3) is 0 Å². The molecule has 0 atom stereocenters. The predicted molar refractivity (Wildman–Crippen MR) is 69.5 cm³/mol. The second-order valence-electron chi connectivity index (χ2n) is 3.89. The Morgan fingerprint density at radius 2 is 1.94 bits per heavy atom. The van der Waals surface area contributed by atoms with Gasteiger partial charge in [-0.25, -0.2) is 0 Å². The van der Waals surface area contributed by atoms with E-state index < -0.39 is 0 Å². The number of aryl methyl sites for hydroxylation is 2. The van der Waals surface area contributed by atoms with Crippen molar-refractivity contribution >= 4 is 21.7 Å². The third kappa shape index (κ3) is 2.31. The van der Waals surface area contributed by atoms with Crippen LogP contribution in [-0.4, -0.2) is 16.3 Å². The Hall–Kier alpha value is -1.42. The third-order valence-electron chi connectivity index (χ3n) is 2.59. The molecule has 1 heterocycles. The lowest BCUT2D eigenvalue weighted by molar-refractivity contribution is 0.102. The number of halogens is 1. The SMILES string of the molecule is Cc1ccc(-c2noc(C)c2C(=O)CBr)cc1. The minimum absolute atomic E-state index is 0.0145. The molecule has 2 rings (SSSR count). The van der Waals surface area contributed by atoms with Crippen molar-refractivity contribution in [2.75, 3.05) is 5.33 Å². The number of Topliss-reactive ketones (excluding diaryl/α,β-unsaturated/α-hetero) is 1. The Balaban J connectivity index is 2.52. The highest BCUT2D eigenvalue weighted by Gasteiger charge is 2.20. The zero-order chi connectivity index (χ0) is 12.4. The van der Waals surface area contributed by atoms with E-state index in [9.17, 15) is 4.79 Å². The molecule has 0 N–H and O–H groups in total. The zero-order valence-corrected chi connectivity index (χ0v) is 11.2. The van der Waals surface area contributed by atoms with Crippen molar-refractivity contribution in [1.82, 2.24) is 5.16 Å². The monoisotopic (exact) mass is 293 g/mol. The Bertz CT molecular complexity index is 543. The van der Waals surface area contributed by atoms with E-state index in [4.69, 9.17) is 4.52 Å². The quantitative estimate of drug-likeness (QED) is 0.642. The fourth-order valence-electron chi connectivity index (χ4n) is 1.68. The maximum atomic E-state index is 11.8. The van der Waals surface area contributed by atoms with Gasteiger partial charge in [-0.05, 0) is 13.8 Å². The van der Waals surface area contributed by atoms with E-state index in [1.807, 2.05) is 31.2 Å². The molecular weight excluding hydrogens is 282 g/mol. The Morgan fingerprint density at radius 1 is 1.29 bits per heavy atom. The number of carbonyl (C=O) groups is 1. The van der Waals surface area contributed by atoms with E-state index in [0.29, 0.717) is 17.0 Å². The van der Waals surface area contributed by atoms with Crippen molar-refractivity contribution in [3.05, 3.63) is 41.2 Å². The number of rotatable bonds is 3. The summed E-state index contributed by atoms with van der Waals surface area (Å²) in [4.78, 5) is 11.8. The summed E-state index contributed by atoms with van der Waals surface area (Å²) in [6.45, 7) is 3.77. The van der Waals surface area contributed by atoms with Crippen LogP contribution in [0.15, 0.2) is 28.8 Å². The van der Waals surface area contributed by atoms with Crippen LogP contribution < -0.4 is 0 Å². The number of hydrogen-bond donors (Lipinski definition) is 0. The van der Waals surface area contributed by atoms with E-state index in [-0.39, 0.29) is 11.1 Å². The van der Waals surface area contributed by atoms with Crippen LogP contribution in [0.4, 0.5) is 0 Å². The first-order valence-corrected chi connectivity index (χ1v) is 6.38. The van der Waals surface area contributed by atoms with Gasteiger partial charge in [0.2, 0.25) is 0 Å². The smallest absolute Gasteiger partial charge is 0.179 e. The molecule has 0 bridgehead atoms. The Morgan fingerprint density at radius 3 is 2.53 bits per heavy atom. The molecular formula is C13H12BrNO2. The molecule has 0 fully saturated rings. The third-order valence-corrected chi connectivity index (χ3v) is 3.10. The van der Waals surface area contributed by atoms with Gasteiger partial charge in [-0.2, -0.15) is 0 Å². The summed E-state index contributed by atoms with van der Waals surface area (Å²) in [5.74, 6) is 0.546. The number of benzene rings is 1. The molecule has 0 spiro atoms. The van der Waals surface area contributed by atoms with Gasteiger partial charge in [-0.15, -0.1) is 0 Å². The van der Waals surface area contributed by atoms with Gasteiger partial charge < -0.3 is 4.52 Å². The molecule has 2 aromatic rings. The molecule has 0 radical (unpaired) electrons. The first-order chi connectivity index (χ1) is 8.13. The lowest BCUT2D eigenvalue weighted by atomic mass is 10.0. The largest absolute Gasteiger partial charge is 0.360 e. The van der Waals surface area contributed by atoms with E-state index in [1.54, 1.807) is 6.92 Å². The highest BCUT2D eigenvalue weighted by molar-refractivity contribution is 9.09. The van der Waals surface area contributed by atoms with Gasteiger partial charge >= 0.3 is 0 Å². The van der Waals surface area contributed by atoms with E-state index in [2.05, 4.69) is 21.1 Å². The topological polar surface area (TPSA) is 43.1 Å². The van der Waals surface area contributed by atoms with Gasteiger partial charge in [0.05, 0.1) is 10.9 Å². The lowest BCUT2D eigenvalue weighted by Crippen LogP contribution is -2.02. The summed E-state index contributed by atoms with van der Waals surface area (Å²) in [7, 11) is 0. The van der Waals surface area contributed by atoms with Gasteiger partial charge in [-0.3, -0.25) is 4.79 Å². The standard InChI is InChI=1S/C13H12BrNO2/c1-8-3-5-10(6-4-8)13-12(11(16)7-14)9(2)17-15-13/h3-6H,7H2,1-2H3. The van der Waals surface area contributed by atoms with Crippen LogP contribution >= 0.6 is 15.9 Å². The second kappa shape index (κ2) is 4.84. The molecule has 0 saturated carbocycles. The van der Waals surface area contributed by atoms with Crippen molar-refractivity contribution in [2.45, 2.75) is 13.8 Å². The zero-order valence-electron chi connectivity index (χ0n) is 9.66. The molecule has 1 aromatic carbocycles. The van der Waals surface area contributed by atoms with Crippen molar-refractivity contribution in [2.24, 2.45) is 0 Å². The minimum atomic E-state index is -0.0145. The normalized spacial score (nSPS) is 10.5. The number of hydrogen-bond acceptors (Lipinski definition) is 3.